The lowest BCUT2D eigenvalue weighted by Crippen LogP contribution is -2.16. The van der Waals surface area contributed by atoms with Crippen LogP contribution in [0.25, 0.3) is 21.8 Å². The van der Waals surface area contributed by atoms with E-state index in [9.17, 15) is 19.5 Å². The van der Waals surface area contributed by atoms with Crippen LogP contribution in [0.2, 0.25) is 0 Å². The highest BCUT2D eigenvalue weighted by molar-refractivity contribution is 5.93. The molecule has 0 radical (unpaired) electrons. The van der Waals surface area contributed by atoms with Gasteiger partial charge < -0.3 is 30.0 Å². The third kappa shape index (κ3) is 9.20. The summed E-state index contributed by atoms with van der Waals surface area (Å²) in [5.74, 6) is -1.13. The number of hydrogen-bond donors (Lipinski definition) is 3. The Kier molecular flexibility index (Phi) is 11.7. The van der Waals surface area contributed by atoms with Gasteiger partial charge in [-0.15, -0.1) is 0 Å². The van der Waals surface area contributed by atoms with E-state index < -0.39 is 5.97 Å². The normalized spacial score (nSPS) is 10.8. The average molecular weight is 707 g/mol. The molecule has 0 fully saturated rings. The molecular weight excluding hydrogens is 665 g/mol. The molecule has 4 N–H and O–H groups in total. The minimum atomic E-state index is -0.855. The Morgan fingerprint density at radius 1 is 0.623 bits per heavy atom. The van der Waals surface area contributed by atoms with Crippen molar-refractivity contribution in [3.05, 3.63) is 168 Å². The Morgan fingerprint density at radius 2 is 1.15 bits per heavy atom. The lowest BCUT2D eigenvalue weighted by Gasteiger charge is -2.13. The molecule has 9 nitrogen and oxygen atoms in total. The van der Waals surface area contributed by atoms with Gasteiger partial charge in [-0.3, -0.25) is 14.4 Å². The number of aliphatic carboxylic acids is 1. The van der Waals surface area contributed by atoms with E-state index in [1.54, 1.807) is 0 Å². The number of carboxylic acids is 1. The van der Waals surface area contributed by atoms with Gasteiger partial charge in [0.15, 0.2) is 0 Å². The van der Waals surface area contributed by atoms with E-state index >= 15 is 0 Å². The number of ether oxygens (including phenoxy) is 1. The number of nitrogens with one attached hydrogen (secondary N) is 1. The first-order chi connectivity index (χ1) is 25.8. The van der Waals surface area contributed by atoms with E-state index in [-0.39, 0.29) is 24.7 Å². The second kappa shape index (κ2) is 17.1. The van der Waals surface area contributed by atoms with Crippen LogP contribution < -0.4 is 11.1 Å². The first kappa shape index (κ1) is 36.2. The van der Waals surface area contributed by atoms with Gasteiger partial charge in [0, 0.05) is 58.7 Å². The number of anilines is 2. The van der Waals surface area contributed by atoms with Gasteiger partial charge in [0.05, 0.1) is 25.9 Å². The Balaban J connectivity index is 0.000000188. The summed E-state index contributed by atoms with van der Waals surface area (Å²) < 4.78 is 9.25. The number of hydrogen-bond acceptors (Lipinski definition) is 5. The quantitative estimate of drug-likeness (QED) is 0.0877. The molecule has 0 saturated heterocycles. The number of carbonyl (C=O) groups is 3. The zero-order chi connectivity index (χ0) is 37.2. The summed E-state index contributed by atoms with van der Waals surface area (Å²) in [4.78, 5) is 35.6. The molecule has 0 unspecified atom stereocenters. The molecule has 268 valence electrons. The number of nitrogen functional groups attached to an aromatic ring is 1. The van der Waals surface area contributed by atoms with Crippen LogP contribution in [0.3, 0.4) is 0 Å². The molecule has 0 spiro atoms. The molecular formula is C44H42N4O5. The topological polar surface area (TPSA) is 129 Å². The molecule has 1 amide bonds. The molecule has 9 heteroatoms. The molecule has 0 atom stereocenters. The van der Waals surface area contributed by atoms with E-state index in [2.05, 4.69) is 16.0 Å². The van der Waals surface area contributed by atoms with Crippen LogP contribution in [0.5, 0.6) is 0 Å². The molecule has 53 heavy (non-hydrogen) atoms. The van der Waals surface area contributed by atoms with Crippen LogP contribution in [0.15, 0.2) is 140 Å². The summed E-state index contributed by atoms with van der Waals surface area (Å²) in [6.07, 6.45) is 4.48. The van der Waals surface area contributed by atoms with Crippen molar-refractivity contribution in [2.75, 3.05) is 17.7 Å². The molecule has 7 aromatic rings. The first-order valence-corrected chi connectivity index (χ1v) is 17.5. The summed E-state index contributed by atoms with van der Waals surface area (Å²) in [6, 6.07) is 41.0. The van der Waals surface area contributed by atoms with Gasteiger partial charge in [-0.1, -0.05) is 103 Å². The molecule has 0 aliphatic rings. The summed E-state index contributed by atoms with van der Waals surface area (Å²) in [7, 11) is 0. The number of para-hydroxylation sites is 4. The van der Waals surface area contributed by atoms with Gasteiger partial charge >= 0.3 is 11.9 Å². The molecule has 0 bridgehead atoms. The number of nitrogens with zero attached hydrogens (tertiary/aromatic N) is 2. The van der Waals surface area contributed by atoms with Gasteiger partial charge in [-0.2, -0.15) is 0 Å². The largest absolute Gasteiger partial charge is 0.481 e. The molecule has 5 aromatic carbocycles. The van der Waals surface area contributed by atoms with Gasteiger partial charge in [-0.25, -0.2) is 0 Å². The van der Waals surface area contributed by atoms with Crippen LogP contribution in [-0.2, 0) is 51.5 Å². The van der Waals surface area contributed by atoms with E-state index in [4.69, 9.17) is 10.5 Å². The molecule has 0 saturated carbocycles. The Labute approximate surface area is 308 Å². The molecule has 0 aliphatic carbocycles. The Bertz CT molecular complexity index is 2360. The molecule has 2 aromatic heterocycles. The van der Waals surface area contributed by atoms with Crippen molar-refractivity contribution in [2.24, 2.45) is 0 Å². The number of esters is 1. The Morgan fingerprint density at radius 3 is 1.77 bits per heavy atom. The minimum absolute atomic E-state index is 0.0248. The lowest BCUT2D eigenvalue weighted by molar-refractivity contribution is -0.142. The number of amides is 1. The zero-order valence-electron chi connectivity index (χ0n) is 29.6. The van der Waals surface area contributed by atoms with Crippen molar-refractivity contribution in [3.63, 3.8) is 0 Å². The van der Waals surface area contributed by atoms with Crippen LogP contribution >= 0.6 is 0 Å². The second-order valence-corrected chi connectivity index (χ2v) is 12.7. The Hall–Kier alpha value is -6.61. The van der Waals surface area contributed by atoms with E-state index in [0.29, 0.717) is 26.1 Å². The third-order valence-corrected chi connectivity index (χ3v) is 8.96. The number of aromatic nitrogens is 2. The molecule has 7 rings (SSSR count). The highest BCUT2D eigenvalue weighted by Crippen LogP contribution is 2.26. The highest BCUT2D eigenvalue weighted by Gasteiger charge is 2.15. The summed E-state index contributed by atoms with van der Waals surface area (Å²) in [5.41, 5.74) is 14.4. The fourth-order valence-electron chi connectivity index (χ4n) is 6.52. The highest BCUT2D eigenvalue weighted by atomic mass is 16.5. The van der Waals surface area contributed by atoms with Crippen molar-refractivity contribution >= 4 is 51.0 Å². The van der Waals surface area contributed by atoms with E-state index in [0.717, 1.165) is 61.0 Å². The van der Waals surface area contributed by atoms with Crippen LogP contribution in [-0.4, -0.2) is 38.7 Å². The average Bonchev–Trinajstić information content (AvgIpc) is 3.67. The lowest BCUT2D eigenvalue weighted by atomic mass is 10.1. The maximum absolute atomic E-state index is 12.5. The minimum Gasteiger partial charge on any atom is -0.481 e. The number of nitrogens with two attached hydrogens (primary N) is 1. The number of rotatable bonds is 12. The fourth-order valence-corrected chi connectivity index (χ4v) is 6.52. The third-order valence-electron chi connectivity index (χ3n) is 8.96. The number of fused-ring (bicyclic) bond motifs is 2. The van der Waals surface area contributed by atoms with E-state index in [1.165, 1.54) is 0 Å². The maximum atomic E-state index is 12.5. The van der Waals surface area contributed by atoms with Gasteiger partial charge in [0.2, 0.25) is 5.91 Å². The summed E-state index contributed by atoms with van der Waals surface area (Å²) >= 11 is 0. The standard InChI is InChI=1S/C25H22N2O3.C19H20N2O2/c28-24(14-18-8-2-1-3-9-18)26-22-12-6-4-10-19(22)16-27-17-20(15-25(29)30)21-11-5-7-13-23(21)27;1-2-23-19(22)11-15-13-21(18-10-6-4-8-16(15)18)12-14-7-3-5-9-17(14)20/h1-13,17H,14-16H2,(H,26,28)(H,29,30);3-10,13H,2,11-12,20H2,1H3. The van der Waals surface area contributed by atoms with Crippen molar-refractivity contribution in [2.45, 2.75) is 39.3 Å². The van der Waals surface area contributed by atoms with Crippen LogP contribution in [0.1, 0.15) is 34.7 Å². The van der Waals surface area contributed by atoms with Gasteiger partial charge in [0.25, 0.3) is 0 Å². The fraction of sp³-hybridized carbons (Fsp3) is 0.159. The van der Waals surface area contributed by atoms with Crippen molar-refractivity contribution in [1.29, 1.82) is 0 Å². The van der Waals surface area contributed by atoms with Crippen LogP contribution in [0.4, 0.5) is 11.4 Å². The SMILES string of the molecule is CCOC(=O)Cc1cn(Cc2ccccc2N)c2ccccc12.O=C(O)Cc1cn(Cc2ccccc2NC(=O)Cc2ccccc2)c2ccccc12. The maximum Gasteiger partial charge on any atom is 0.310 e. The zero-order valence-corrected chi connectivity index (χ0v) is 29.6. The van der Waals surface area contributed by atoms with Crippen molar-refractivity contribution in [1.82, 2.24) is 9.13 Å². The summed E-state index contributed by atoms with van der Waals surface area (Å²) in [6.45, 7) is 3.43. The van der Waals surface area contributed by atoms with E-state index in [1.807, 2.05) is 145 Å². The number of benzene rings is 5. The predicted molar refractivity (Wildman–Crippen MR) is 210 cm³/mol. The monoisotopic (exact) mass is 706 g/mol. The number of carboxylic acid groups (broad SMARTS) is 1. The van der Waals surface area contributed by atoms with Gasteiger partial charge in [0.1, 0.15) is 0 Å². The van der Waals surface area contributed by atoms with Crippen molar-refractivity contribution < 1.29 is 24.2 Å². The smallest absolute Gasteiger partial charge is 0.310 e. The molecule has 0 aliphatic heterocycles. The number of carbonyl (C=O) groups excluding carboxylic acids is 2. The first-order valence-electron chi connectivity index (χ1n) is 17.5. The molecule has 2 heterocycles. The predicted octanol–water partition coefficient (Wildman–Crippen LogP) is 7.88. The second-order valence-electron chi connectivity index (χ2n) is 12.7. The van der Waals surface area contributed by atoms with Gasteiger partial charge in [-0.05, 0) is 59.0 Å². The summed E-state index contributed by atoms with van der Waals surface area (Å²) in [5, 5.41) is 14.3. The van der Waals surface area contributed by atoms with Crippen molar-refractivity contribution in [3.8, 4) is 0 Å². The van der Waals surface area contributed by atoms with Crippen LogP contribution in [0, 0.1) is 0 Å².